The van der Waals surface area contributed by atoms with E-state index < -0.39 is 0 Å². The lowest BCUT2D eigenvalue weighted by Crippen LogP contribution is -2.19. The summed E-state index contributed by atoms with van der Waals surface area (Å²) in [5, 5.41) is 4.11. The summed E-state index contributed by atoms with van der Waals surface area (Å²) in [5.74, 6) is 0.477. The SMILES string of the molecule is Nc1cc(N)nc(SCC(=O)N/N=C/c2ccc(OCc3ccc(F)cc3)o2)n1. The van der Waals surface area contributed by atoms with Crippen molar-refractivity contribution in [3.8, 4) is 5.95 Å². The van der Waals surface area contributed by atoms with Gasteiger partial charge in [-0.05, 0) is 23.8 Å². The van der Waals surface area contributed by atoms with E-state index in [0.717, 1.165) is 17.3 Å². The lowest BCUT2D eigenvalue weighted by Gasteiger charge is -2.02. The molecule has 150 valence electrons. The number of rotatable bonds is 8. The van der Waals surface area contributed by atoms with Crippen LogP contribution in [-0.4, -0.2) is 27.8 Å². The first-order chi connectivity index (χ1) is 14.0. The number of ether oxygens (including phenoxy) is 1. The molecule has 11 heteroatoms. The normalized spacial score (nSPS) is 10.9. The van der Waals surface area contributed by atoms with Crippen molar-refractivity contribution in [1.29, 1.82) is 0 Å². The van der Waals surface area contributed by atoms with Crippen LogP contribution in [0.15, 0.2) is 57.1 Å². The number of furan rings is 1. The highest BCUT2D eigenvalue weighted by molar-refractivity contribution is 7.99. The molecule has 1 amide bonds. The van der Waals surface area contributed by atoms with E-state index >= 15 is 0 Å². The minimum absolute atomic E-state index is 0.0322. The number of thioether (sulfide) groups is 1. The zero-order valence-electron chi connectivity index (χ0n) is 15.0. The van der Waals surface area contributed by atoms with Gasteiger partial charge in [-0.15, -0.1) is 0 Å². The third-order valence-corrected chi connectivity index (χ3v) is 4.20. The molecular weight excluding hydrogens is 399 g/mol. The summed E-state index contributed by atoms with van der Waals surface area (Å²) >= 11 is 1.08. The Bertz CT molecular complexity index is 989. The summed E-state index contributed by atoms with van der Waals surface area (Å²) in [4.78, 5) is 19.7. The molecule has 0 unspecified atom stereocenters. The Hall–Kier alpha value is -3.60. The largest absolute Gasteiger partial charge is 0.460 e. The number of anilines is 2. The van der Waals surface area contributed by atoms with Gasteiger partial charge in [0.15, 0.2) is 10.9 Å². The lowest BCUT2D eigenvalue weighted by atomic mass is 10.2. The monoisotopic (exact) mass is 416 g/mol. The van der Waals surface area contributed by atoms with Gasteiger partial charge in [0.1, 0.15) is 24.1 Å². The van der Waals surface area contributed by atoms with Crippen LogP contribution in [0.2, 0.25) is 0 Å². The maximum Gasteiger partial charge on any atom is 0.285 e. The molecule has 0 fully saturated rings. The molecule has 5 N–H and O–H groups in total. The van der Waals surface area contributed by atoms with Crippen molar-refractivity contribution in [1.82, 2.24) is 15.4 Å². The Morgan fingerprint density at radius 3 is 2.66 bits per heavy atom. The van der Waals surface area contributed by atoms with Gasteiger partial charge in [0.25, 0.3) is 11.9 Å². The zero-order chi connectivity index (χ0) is 20.6. The fourth-order valence-electron chi connectivity index (χ4n) is 2.07. The molecule has 2 heterocycles. The first kappa shape index (κ1) is 20.1. The van der Waals surface area contributed by atoms with Gasteiger partial charge >= 0.3 is 0 Å². The van der Waals surface area contributed by atoms with Crippen LogP contribution >= 0.6 is 11.8 Å². The van der Waals surface area contributed by atoms with E-state index in [-0.39, 0.29) is 41.7 Å². The number of halogens is 1. The van der Waals surface area contributed by atoms with Crippen molar-refractivity contribution in [3.05, 3.63) is 59.6 Å². The molecule has 9 nitrogen and oxygen atoms in total. The number of hydrogen-bond donors (Lipinski definition) is 3. The van der Waals surface area contributed by atoms with Crippen molar-refractivity contribution in [3.63, 3.8) is 0 Å². The molecular formula is C18H17FN6O3S. The van der Waals surface area contributed by atoms with Crippen molar-refractivity contribution >= 4 is 35.5 Å². The molecule has 1 aromatic carbocycles. The van der Waals surface area contributed by atoms with Crippen molar-refractivity contribution in [2.45, 2.75) is 11.8 Å². The van der Waals surface area contributed by atoms with E-state index in [0.29, 0.717) is 10.9 Å². The minimum Gasteiger partial charge on any atom is -0.460 e. The maximum atomic E-state index is 12.9. The second-order valence-corrected chi connectivity index (χ2v) is 6.60. The van der Waals surface area contributed by atoms with Crippen molar-refractivity contribution in [2.24, 2.45) is 5.10 Å². The third kappa shape index (κ3) is 6.50. The summed E-state index contributed by atoms with van der Waals surface area (Å²) in [7, 11) is 0. The molecule has 0 saturated heterocycles. The number of carbonyl (C=O) groups excluding carboxylic acids is 1. The molecule has 0 spiro atoms. The van der Waals surface area contributed by atoms with Crippen LogP contribution in [0.1, 0.15) is 11.3 Å². The number of nitrogens with zero attached hydrogens (tertiary/aromatic N) is 3. The highest BCUT2D eigenvalue weighted by Crippen LogP contribution is 2.17. The number of nitrogen functional groups attached to an aromatic ring is 2. The molecule has 3 rings (SSSR count). The van der Waals surface area contributed by atoms with Crippen LogP contribution in [0.25, 0.3) is 0 Å². The lowest BCUT2D eigenvalue weighted by molar-refractivity contribution is -0.118. The number of nitrogens with two attached hydrogens (primary N) is 2. The van der Waals surface area contributed by atoms with Crippen LogP contribution in [0.5, 0.6) is 5.95 Å². The maximum absolute atomic E-state index is 12.9. The zero-order valence-corrected chi connectivity index (χ0v) is 15.9. The van der Waals surface area contributed by atoms with E-state index in [4.69, 9.17) is 20.6 Å². The van der Waals surface area contributed by atoms with Crippen LogP contribution in [0, 0.1) is 5.82 Å². The molecule has 0 aliphatic heterocycles. The van der Waals surface area contributed by atoms with Gasteiger partial charge in [-0.3, -0.25) is 4.79 Å². The first-order valence-corrected chi connectivity index (χ1v) is 9.28. The fourth-order valence-corrected chi connectivity index (χ4v) is 2.74. The number of amides is 1. The van der Waals surface area contributed by atoms with Gasteiger partial charge in [0.05, 0.1) is 12.0 Å². The van der Waals surface area contributed by atoms with E-state index in [1.165, 1.54) is 24.4 Å². The van der Waals surface area contributed by atoms with E-state index in [9.17, 15) is 9.18 Å². The van der Waals surface area contributed by atoms with E-state index in [1.54, 1.807) is 24.3 Å². The number of hydrogen-bond acceptors (Lipinski definition) is 9. The number of benzene rings is 1. The summed E-state index contributed by atoms with van der Waals surface area (Å²) in [5.41, 5.74) is 14.3. The Kier molecular flexibility index (Phi) is 6.63. The predicted molar refractivity (Wildman–Crippen MR) is 107 cm³/mol. The van der Waals surface area contributed by atoms with Gasteiger partial charge in [0.2, 0.25) is 0 Å². The molecule has 0 atom stereocenters. The second kappa shape index (κ2) is 9.55. The molecule has 3 aromatic rings. The van der Waals surface area contributed by atoms with Crippen molar-refractivity contribution in [2.75, 3.05) is 17.2 Å². The predicted octanol–water partition coefficient (Wildman–Crippen LogP) is 2.19. The fraction of sp³-hybridized carbons (Fsp3) is 0.111. The molecule has 0 aliphatic rings. The standard InChI is InChI=1S/C18H17FN6O3S/c19-12-3-1-11(2-4-12)9-27-17-6-5-13(28-17)8-22-25-16(26)10-29-18-23-14(20)7-15(21)24-18/h1-8H,9-10H2,(H,25,26)(H4,20,21,23,24)/b22-8+. The number of aromatic nitrogens is 2. The Balaban J connectivity index is 1.43. The molecule has 0 aliphatic carbocycles. The van der Waals surface area contributed by atoms with Gasteiger partial charge in [-0.1, -0.05) is 23.9 Å². The van der Waals surface area contributed by atoms with Crippen molar-refractivity contribution < 1.29 is 18.3 Å². The average Bonchev–Trinajstić information content (AvgIpc) is 3.13. The van der Waals surface area contributed by atoms with Gasteiger partial charge < -0.3 is 20.6 Å². The van der Waals surface area contributed by atoms with Gasteiger partial charge in [-0.25, -0.2) is 19.8 Å². The summed E-state index contributed by atoms with van der Waals surface area (Å²) in [6, 6.07) is 10.6. The number of carbonyl (C=O) groups is 1. The second-order valence-electron chi connectivity index (χ2n) is 5.65. The Morgan fingerprint density at radius 2 is 1.93 bits per heavy atom. The topological polar surface area (TPSA) is 142 Å². The van der Waals surface area contributed by atoms with Crippen LogP contribution in [-0.2, 0) is 11.4 Å². The highest BCUT2D eigenvalue weighted by atomic mass is 32.2. The molecule has 2 aromatic heterocycles. The van der Waals surface area contributed by atoms with Crippen LogP contribution in [0.4, 0.5) is 16.0 Å². The Morgan fingerprint density at radius 1 is 1.21 bits per heavy atom. The first-order valence-electron chi connectivity index (χ1n) is 8.30. The van der Waals surface area contributed by atoms with Gasteiger partial charge in [0, 0.05) is 12.1 Å². The highest BCUT2D eigenvalue weighted by Gasteiger charge is 2.06. The van der Waals surface area contributed by atoms with Crippen LogP contribution < -0.4 is 21.6 Å². The molecule has 0 saturated carbocycles. The van der Waals surface area contributed by atoms with Crippen LogP contribution in [0.3, 0.4) is 0 Å². The quantitative estimate of drug-likeness (QED) is 0.220. The summed E-state index contributed by atoms with van der Waals surface area (Å²) in [6.07, 6.45) is 1.34. The smallest absolute Gasteiger partial charge is 0.285 e. The van der Waals surface area contributed by atoms with Gasteiger partial charge in [-0.2, -0.15) is 5.10 Å². The summed E-state index contributed by atoms with van der Waals surface area (Å²) in [6.45, 7) is 0.231. The third-order valence-electron chi connectivity index (χ3n) is 3.36. The minimum atomic E-state index is -0.366. The van der Waals surface area contributed by atoms with E-state index in [2.05, 4.69) is 20.5 Å². The summed E-state index contributed by atoms with van der Waals surface area (Å²) < 4.78 is 23.8. The number of hydrazone groups is 1. The Labute approximate surface area is 169 Å². The molecule has 0 bridgehead atoms. The molecule has 29 heavy (non-hydrogen) atoms. The molecule has 0 radical (unpaired) electrons. The number of nitrogens with one attached hydrogen (secondary N) is 1. The average molecular weight is 416 g/mol. The van der Waals surface area contributed by atoms with E-state index in [1.807, 2.05) is 0 Å².